The molecule has 0 N–H and O–H groups in total. The van der Waals surface area contributed by atoms with Gasteiger partial charge in [0.2, 0.25) is 0 Å². The van der Waals surface area contributed by atoms with Crippen LogP contribution in [-0.4, -0.2) is 9.13 Å². The number of nitrogens with zero attached hydrogens (tertiary/aromatic N) is 2. The molecule has 0 unspecified atom stereocenters. The molecule has 12 aromatic rings. The number of furan rings is 1. The number of rotatable bonds is 5. The average Bonchev–Trinajstić information content (AvgIpc) is 1.53. The van der Waals surface area contributed by atoms with Crippen molar-refractivity contribution in [3.8, 4) is 44.8 Å². The van der Waals surface area contributed by atoms with E-state index in [1.54, 1.807) is 0 Å². The number of para-hydroxylation sites is 3. The Kier molecular flexibility index (Phi) is 2.84. The fourth-order valence-corrected chi connectivity index (χ4v) is 6.85. The van der Waals surface area contributed by atoms with Crippen molar-refractivity contribution in [2.24, 2.45) is 0 Å². The third kappa shape index (κ3) is 4.86. The van der Waals surface area contributed by atoms with Gasteiger partial charge in [-0.25, -0.2) is 0 Å². The molecule has 0 saturated carbocycles. The second-order valence-electron chi connectivity index (χ2n) is 12.3. The van der Waals surface area contributed by atoms with Crippen molar-refractivity contribution in [1.82, 2.24) is 9.13 Å². The molecule has 0 aliphatic heterocycles. The Labute approximate surface area is 376 Å². The van der Waals surface area contributed by atoms with Crippen LogP contribution in [-0.2, 0) is 0 Å². The lowest BCUT2D eigenvalue weighted by Crippen LogP contribution is -1.98. The highest BCUT2D eigenvalue weighted by Gasteiger charge is 2.22. The Bertz CT molecular complexity index is 5470. The first-order chi connectivity index (χ1) is 42.4. The van der Waals surface area contributed by atoms with E-state index in [0.29, 0.717) is 4.57 Å². The molecular weight excluding hydrogens is 693 g/mol. The van der Waals surface area contributed by atoms with Crippen LogP contribution in [0, 0.1) is 0 Å². The lowest BCUT2D eigenvalue weighted by atomic mass is 10.00. The molecule has 0 fully saturated rings. The molecule has 266 valence electrons. The van der Waals surface area contributed by atoms with Crippen LogP contribution in [0.3, 0.4) is 0 Å². The van der Waals surface area contributed by atoms with Crippen molar-refractivity contribution in [2.75, 3.05) is 0 Å². The van der Waals surface area contributed by atoms with E-state index in [4.69, 9.17) is 31.8 Å². The molecule has 3 heteroatoms. The Morgan fingerprint density at radius 1 is 0.333 bits per heavy atom. The number of hydrogen-bond donors (Lipinski definition) is 0. The first-order valence-corrected chi connectivity index (χ1v) is 16.7. The summed E-state index contributed by atoms with van der Waals surface area (Å²) >= 11 is 0. The molecule has 3 nitrogen and oxygen atoms in total. The van der Waals surface area contributed by atoms with E-state index in [2.05, 4.69) is 0 Å². The minimum Gasteiger partial charge on any atom is -0.454 e. The van der Waals surface area contributed by atoms with Gasteiger partial charge in [-0.2, -0.15) is 0 Å². The van der Waals surface area contributed by atoms with Crippen LogP contribution in [0.5, 0.6) is 0 Å². The topological polar surface area (TPSA) is 23.0 Å². The van der Waals surface area contributed by atoms with Crippen molar-refractivity contribution in [1.29, 1.82) is 0 Å². The van der Waals surface area contributed by atoms with Gasteiger partial charge in [0.05, 0.1) is 74.4 Å². The van der Waals surface area contributed by atoms with Crippen molar-refractivity contribution in [3.63, 3.8) is 0 Å². The number of aromatic nitrogens is 2. The number of benzene rings is 9. The summed E-state index contributed by atoms with van der Waals surface area (Å²) in [5.41, 5.74) is -11.6. The zero-order chi connectivity index (χ0) is 67.0. The van der Waals surface area contributed by atoms with E-state index >= 15 is 0 Å². The predicted molar refractivity (Wildman–Crippen MR) is 239 cm³/mol. The van der Waals surface area contributed by atoms with E-state index in [9.17, 15) is 19.2 Å². The fraction of sp³-hybridized carbons (Fsp3) is 0. The first-order valence-electron chi connectivity index (χ1n) is 33.7. The summed E-state index contributed by atoms with van der Waals surface area (Å²) < 4.78 is 317. The van der Waals surface area contributed by atoms with Crippen molar-refractivity contribution in [2.45, 2.75) is 0 Å². The van der Waals surface area contributed by atoms with Crippen molar-refractivity contribution >= 4 is 65.6 Å². The summed E-state index contributed by atoms with van der Waals surface area (Å²) in [7, 11) is 0. The Balaban J connectivity index is 1.30. The quantitative estimate of drug-likeness (QED) is 0.171. The number of hydrogen-bond acceptors (Lipinski definition) is 1. The fourth-order valence-electron chi connectivity index (χ4n) is 6.85. The molecular formula is C54H34N2O. The monoisotopic (exact) mass is 760 g/mol. The van der Waals surface area contributed by atoms with Crippen LogP contribution in [0.1, 0.15) is 46.6 Å². The second-order valence-corrected chi connectivity index (χ2v) is 12.3. The minimum absolute atomic E-state index is 0.536. The van der Waals surface area contributed by atoms with Gasteiger partial charge >= 0.3 is 0 Å². The molecule has 57 heavy (non-hydrogen) atoms. The van der Waals surface area contributed by atoms with Gasteiger partial charge in [-0.3, -0.25) is 0 Å². The Morgan fingerprint density at radius 3 is 1.56 bits per heavy atom. The van der Waals surface area contributed by atoms with Crippen LogP contribution in [0.25, 0.3) is 110 Å². The molecule has 0 saturated heterocycles. The molecule has 3 heterocycles. The maximum Gasteiger partial charge on any atom is 0.160 e. The van der Waals surface area contributed by atoms with Gasteiger partial charge < -0.3 is 13.6 Å². The summed E-state index contributed by atoms with van der Waals surface area (Å²) in [6.45, 7) is 0. The third-order valence-electron chi connectivity index (χ3n) is 9.22. The maximum atomic E-state index is 10.2. The normalized spacial score (nSPS) is 20.2. The lowest BCUT2D eigenvalue weighted by Gasteiger charge is -2.15. The first kappa shape index (κ1) is 13.0. The SMILES string of the molecule is [2H]c1c([2H])c([2H])c(-c2c([2H])c([2H])c([2H])c(-n3c4c([2H])c([2H])c([2H])c([2H])c4c4c([2H])c(-c5c([2H])c([2H])c6c(c5[2H])c5c([2H])c([2H])c([2H])c([2H])c5n6-c5c(-c6c([2H])c([2H])c([2H])c([2H])c6[2H])c([2H])c([2H])c6c5oc5c([2H])c([2H])c([2H])c([2H])c56)c([2H])c([2H])c43)c2[2H])c([2H])c1[2H]. The molecule has 0 bridgehead atoms. The Hall–Kier alpha value is -7.62. The summed E-state index contributed by atoms with van der Waals surface area (Å²) in [5, 5.41) is -4.04. The van der Waals surface area contributed by atoms with Crippen molar-refractivity contribution < 1.29 is 51.0 Å². The molecule has 0 aliphatic rings. The molecule has 0 spiro atoms. The summed E-state index contributed by atoms with van der Waals surface area (Å²) in [4.78, 5) is 0. The average molecular weight is 761 g/mol. The predicted octanol–water partition coefficient (Wildman–Crippen LogP) is 14.8. The maximum absolute atomic E-state index is 10.2. The molecule has 0 atom stereocenters. The van der Waals surface area contributed by atoms with Crippen molar-refractivity contribution in [3.05, 3.63) is 205 Å². The van der Waals surface area contributed by atoms with Crippen LogP contribution in [0.15, 0.2) is 210 Å². The van der Waals surface area contributed by atoms with Crippen LogP contribution < -0.4 is 0 Å². The van der Waals surface area contributed by atoms with E-state index in [-0.39, 0.29) is 0 Å². The highest BCUT2D eigenvalue weighted by molar-refractivity contribution is 6.16. The molecule has 12 rings (SSSR count). The van der Waals surface area contributed by atoms with E-state index in [1.165, 1.54) is 0 Å². The van der Waals surface area contributed by atoms with E-state index in [1.807, 2.05) is 0 Å². The Morgan fingerprint density at radius 2 is 0.860 bits per heavy atom. The van der Waals surface area contributed by atoms with E-state index in [0.717, 1.165) is 4.57 Å². The zero-order valence-electron chi connectivity index (χ0n) is 62.3. The van der Waals surface area contributed by atoms with Crippen LogP contribution >= 0.6 is 0 Å². The molecule has 0 amide bonds. The van der Waals surface area contributed by atoms with Crippen LogP contribution in [0.4, 0.5) is 0 Å². The van der Waals surface area contributed by atoms with Gasteiger partial charge in [0.15, 0.2) is 5.58 Å². The van der Waals surface area contributed by atoms with E-state index < -0.39 is 316 Å². The van der Waals surface area contributed by atoms with Gasteiger partial charge in [-0.15, -0.1) is 0 Å². The highest BCUT2D eigenvalue weighted by Crippen LogP contribution is 2.44. The van der Waals surface area contributed by atoms with Gasteiger partial charge in [-0.1, -0.05) is 145 Å². The van der Waals surface area contributed by atoms with Gasteiger partial charge in [0, 0.05) is 43.6 Å². The summed E-state index contributed by atoms with van der Waals surface area (Å²) in [6, 6.07) is -34.0. The lowest BCUT2D eigenvalue weighted by molar-refractivity contribution is 0.666. The smallest absolute Gasteiger partial charge is 0.160 e. The zero-order valence-corrected chi connectivity index (χ0v) is 28.3. The molecule has 0 radical (unpaired) electrons. The summed E-state index contributed by atoms with van der Waals surface area (Å²) in [5.74, 6) is 0. The molecule has 9 aromatic carbocycles. The van der Waals surface area contributed by atoms with Gasteiger partial charge in [0.25, 0.3) is 0 Å². The second kappa shape index (κ2) is 12.5. The van der Waals surface area contributed by atoms with Crippen LogP contribution in [0.2, 0.25) is 0 Å². The molecule has 3 aromatic heterocycles. The number of fused-ring (bicyclic) bond motifs is 9. The van der Waals surface area contributed by atoms with Gasteiger partial charge in [-0.05, 0) is 88.2 Å². The third-order valence-corrected chi connectivity index (χ3v) is 9.22. The highest BCUT2D eigenvalue weighted by atomic mass is 16.3. The largest absolute Gasteiger partial charge is 0.454 e. The standard InChI is InChI=1S/C54H34N2O/c1-3-14-35(15-4-1)37-18-13-19-40(32-37)55-48-23-10-7-20-42(48)46-33-38(26-30-50(46)55)39-27-31-51-47(34-39)43-21-8-11-24-49(43)56(51)53-41(36-16-5-2-6-17-36)28-29-45-44-22-9-12-25-52(44)57-54(45)53/h1-34H/i1D,2D,3D,4D,5D,6D,7D,8D,9D,10D,11D,12D,13D,14D,15D,16D,17D,18D,19D,20D,21D,22D,23D,24D,25D,26D,27D,28D,29D,30D,31D,32D,33D,34D. The summed E-state index contributed by atoms with van der Waals surface area (Å²) in [6.07, 6.45) is 0. The van der Waals surface area contributed by atoms with Gasteiger partial charge in [0.1, 0.15) is 5.58 Å². The molecule has 0 aliphatic carbocycles. The minimum atomic E-state index is -1.17.